The van der Waals surface area contributed by atoms with Crippen LogP contribution in [0, 0.1) is 10.1 Å². The number of aromatic hydroxyl groups is 1. The number of phenolic OH excluding ortho intramolecular Hbond substituents is 1. The lowest BCUT2D eigenvalue weighted by Gasteiger charge is -2.13. The lowest BCUT2D eigenvalue weighted by Crippen LogP contribution is -2.13. The largest absolute Gasteiger partial charge is 0.506 e. The zero-order valence-corrected chi connectivity index (χ0v) is 14.0. The Balaban J connectivity index is 2.28. The van der Waals surface area contributed by atoms with Crippen LogP contribution in [0.3, 0.4) is 0 Å². The lowest BCUT2D eigenvalue weighted by molar-refractivity contribution is -0.384. The second-order valence-corrected chi connectivity index (χ2v) is 5.87. The maximum Gasteiger partial charge on any atom is 0.270 e. The summed E-state index contributed by atoms with van der Waals surface area (Å²) in [5, 5.41) is 23.2. The van der Waals surface area contributed by atoms with E-state index in [1.54, 1.807) is 12.1 Å². The molecule has 7 heteroatoms. The Morgan fingerprint density at radius 2 is 2.04 bits per heavy atom. The van der Waals surface area contributed by atoms with Crippen LogP contribution < -0.4 is 5.32 Å². The van der Waals surface area contributed by atoms with Crippen LogP contribution in [-0.4, -0.2) is 15.9 Å². The molecule has 0 fully saturated rings. The Hall–Kier alpha value is -2.60. The molecule has 0 aromatic heterocycles. The normalized spacial score (nSPS) is 11.8. The number of amides is 1. The van der Waals surface area contributed by atoms with Crippen LogP contribution in [0.25, 0.3) is 0 Å². The third kappa shape index (κ3) is 3.83. The van der Waals surface area contributed by atoms with Crippen LogP contribution >= 0.6 is 11.6 Å². The monoisotopic (exact) mass is 348 g/mol. The summed E-state index contributed by atoms with van der Waals surface area (Å²) in [6, 6.07) is 8.64. The number of nitro benzene ring substituents is 1. The molecule has 0 saturated heterocycles. The quantitative estimate of drug-likeness (QED) is 0.464. The number of rotatable bonds is 5. The van der Waals surface area contributed by atoms with E-state index >= 15 is 0 Å². The lowest BCUT2D eigenvalue weighted by atomic mass is 9.98. The number of nitrogens with zero attached hydrogens (tertiary/aromatic N) is 1. The number of nitro groups is 1. The summed E-state index contributed by atoms with van der Waals surface area (Å²) in [6.45, 7) is 4.09. The van der Waals surface area contributed by atoms with E-state index in [-0.39, 0.29) is 33.6 Å². The molecule has 1 atom stereocenters. The van der Waals surface area contributed by atoms with Crippen molar-refractivity contribution in [1.82, 2.24) is 0 Å². The van der Waals surface area contributed by atoms with Crippen molar-refractivity contribution >= 4 is 28.9 Å². The van der Waals surface area contributed by atoms with Crippen molar-refractivity contribution in [2.24, 2.45) is 0 Å². The molecular weight excluding hydrogens is 332 g/mol. The minimum absolute atomic E-state index is 0.0285. The number of carbonyl (C=O) groups is 1. The van der Waals surface area contributed by atoms with Gasteiger partial charge in [-0.2, -0.15) is 0 Å². The summed E-state index contributed by atoms with van der Waals surface area (Å²) in [5.41, 5.74) is 1.15. The second-order valence-electron chi connectivity index (χ2n) is 5.46. The molecule has 0 heterocycles. The third-order valence-electron chi connectivity index (χ3n) is 3.86. The highest BCUT2D eigenvalue weighted by Crippen LogP contribution is 2.30. The molecule has 0 aliphatic carbocycles. The molecule has 126 valence electrons. The zero-order chi connectivity index (χ0) is 17.9. The number of hydrogen-bond donors (Lipinski definition) is 2. The molecule has 0 unspecified atom stereocenters. The van der Waals surface area contributed by atoms with Crippen molar-refractivity contribution in [3.63, 3.8) is 0 Å². The molecule has 0 spiro atoms. The predicted molar refractivity (Wildman–Crippen MR) is 92.9 cm³/mol. The second kappa shape index (κ2) is 7.31. The van der Waals surface area contributed by atoms with Gasteiger partial charge in [-0.05, 0) is 36.1 Å². The Morgan fingerprint density at radius 1 is 1.33 bits per heavy atom. The molecule has 0 radical (unpaired) electrons. The van der Waals surface area contributed by atoms with Crippen molar-refractivity contribution in [1.29, 1.82) is 0 Å². The zero-order valence-electron chi connectivity index (χ0n) is 13.2. The van der Waals surface area contributed by atoms with Gasteiger partial charge in [-0.1, -0.05) is 31.5 Å². The minimum atomic E-state index is -0.588. The van der Waals surface area contributed by atoms with Crippen LogP contribution in [0.5, 0.6) is 5.75 Å². The summed E-state index contributed by atoms with van der Waals surface area (Å²) in [4.78, 5) is 22.5. The van der Waals surface area contributed by atoms with Gasteiger partial charge in [0, 0.05) is 12.1 Å². The number of non-ortho nitro benzene ring substituents is 1. The van der Waals surface area contributed by atoms with E-state index in [1.165, 1.54) is 18.2 Å². The fraction of sp³-hybridized carbons (Fsp3) is 0.235. The summed E-state index contributed by atoms with van der Waals surface area (Å²) < 4.78 is 0. The fourth-order valence-corrected chi connectivity index (χ4v) is 2.45. The Labute approximate surface area is 144 Å². The topological polar surface area (TPSA) is 92.5 Å². The summed E-state index contributed by atoms with van der Waals surface area (Å²) in [7, 11) is 0. The molecule has 0 aliphatic rings. The number of benzene rings is 2. The predicted octanol–water partition coefficient (Wildman–Crippen LogP) is 4.72. The maximum absolute atomic E-state index is 12.3. The number of anilines is 1. The van der Waals surface area contributed by atoms with Crippen LogP contribution in [0.15, 0.2) is 36.4 Å². The van der Waals surface area contributed by atoms with Gasteiger partial charge in [0.2, 0.25) is 0 Å². The fourth-order valence-electron chi connectivity index (χ4n) is 2.19. The van der Waals surface area contributed by atoms with E-state index in [4.69, 9.17) is 11.6 Å². The molecule has 2 N–H and O–H groups in total. The molecule has 1 amide bonds. The van der Waals surface area contributed by atoms with Crippen molar-refractivity contribution in [3.05, 3.63) is 62.7 Å². The van der Waals surface area contributed by atoms with Crippen LogP contribution in [-0.2, 0) is 0 Å². The van der Waals surface area contributed by atoms with Gasteiger partial charge in [0.1, 0.15) is 5.75 Å². The first-order chi connectivity index (χ1) is 11.3. The first-order valence-electron chi connectivity index (χ1n) is 7.41. The van der Waals surface area contributed by atoms with Gasteiger partial charge < -0.3 is 10.4 Å². The van der Waals surface area contributed by atoms with Crippen molar-refractivity contribution in [2.45, 2.75) is 26.2 Å². The smallest absolute Gasteiger partial charge is 0.270 e. The Morgan fingerprint density at radius 3 is 2.62 bits per heavy atom. The van der Waals surface area contributed by atoms with Gasteiger partial charge >= 0.3 is 0 Å². The summed E-state index contributed by atoms with van der Waals surface area (Å²) in [6.07, 6.45) is 0.923. The SMILES string of the molecule is CC[C@H](C)c1ccc(O)c(NC(=O)c2ccc([N+](=O)[O-])cc2Cl)c1. The minimum Gasteiger partial charge on any atom is -0.506 e. The summed E-state index contributed by atoms with van der Waals surface area (Å²) in [5.74, 6) is -0.329. The van der Waals surface area contributed by atoms with Crippen LogP contribution in [0.4, 0.5) is 11.4 Å². The van der Waals surface area contributed by atoms with Crippen LogP contribution in [0.2, 0.25) is 5.02 Å². The molecule has 0 aliphatic heterocycles. The number of halogens is 1. The number of carbonyl (C=O) groups excluding carboxylic acids is 1. The standard InChI is InChI=1S/C17H17ClN2O4/c1-3-10(2)11-4-7-16(21)15(8-11)19-17(22)13-6-5-12(20(23)24)9-14(13)18/h4-10,21H,3H2,1-2H3,(H,19,22)/t10-/m0/s1. The molecule has 0 saturated carbocycles. The van der Waals surface area contributed by atoms with Crippen LogP contribution in [0.1, 0.15) is 42.1 Å². The Kier molecular flexibility index (Phi) is 5.41. The highest BCUT2D eigenvalue weighted by molar-refractivity contribution is 6.34. The van der Waals surface area contributed by atoms with E-state index in [2.05, 4.69) is 5.32 Å². The maximum atomic E-state index is 12.3. The van der Waals surface area contributed by atoms with Crippen molar-refractivity contribution < 1.29 is 14.8 Å². The molecule has 2 aromatic carbocycles. The number of phenols is 1. The number of hydrogen-bond acceptors (Lipinski definition) is 4. The van der Waals surface area contributed by atoms with E-state index in [9.17, 15) is 20.0 Å². The highest BCUT2D eigenvalue weighted by atomic mass is 35.5. The van der Waals surface area contributed by atoms with Gasteiger partial charge in [-0.25, -0.2) is 0 Å². The van der Waals surface area contributed by atoms with Gasteiger partial charge in [0.25, 0.3) is 11.6 Å². The van der Waals surface area contributed by atoms with Gasteiger partial charge in [0.05, 0.1) is 21.2 Å². The first kappa shape index (κ1) is 17.7. The molecule has 24 heavy (non-hydrogen) atoms. The summed E-state index contributed by atoms with van der Waals surface area (Å²) >= 11 is 5.95. The van der Waals surface area contributed by atoms with Gasteiger partial charge in [0.15, 0.2) is 0 Å². The molecule has 2 aromatic rings. The van der Waals surface area contributed by atoms with E-state index in [1.807, 2.05) is 13.8 Å². The highest BCUT2D eigenvalue weighted by Gasteiger charge is 2.17. The van der Waals surface area contributed by atoms with E-state index < -0.39 is 10.8 Å². The average molecular weight is 349 g/mol. The van der Waals surface area contributed by atoms with E-state index in [0.717, 1.165) is 18.1 Å². The molecule has 6 nitrogen and oxygen atoms in total. The first-order valence-corrected chi connectivity index (χ1v) is 7.79. The Bertz CT molecular complexity index is 792. The third-order valence-corrected chi connectivity index (χ3v) is 4.17. The van der Waals surface area contributed by atoms with Crippen molar-refractivity contribution in [2.75, 3.05) is 5.32 Å². The molecule has 0 bridgehead atoms. The molecule has 2 rings (SSSR count). The number of nitrogens with one attached hydrogen (secondary N) is 1. The van der Waals surface area contributed by atoms with Gasteiger partial charge in [-0.15, -0.1) is 0 Å². The average Bonchev–Trinajstić information content (AvgIpc) is 2.55. The van der Waals surface area contributed by atoms with Gasteiger partial charge in [-0.3, -0.25) is 14.9 Å². The van der Waals surface area contributed by atoms with E-state index in [0.29, 0.717) is 0 Å². The van der Waals surface area contributed by atoms with Crippen molar-refractivity contribution in [3.8, 4) is 5.75 Å². The molecular formula is C17H17ClN2O4.